The van der Waals surface area contributed by atoms with Crippen LogP contribution >= 0.6 is 0 Å². The quantitative estimate of drug-likeness (QED) is 0.212. The van der Waals surface area contributed by atoms with E-state index in [4.69, 9.17) is 14.0 Å². The predicted molar refractivity (Wildman–Crippen MR) is 95.9 cm³/mol. The molecule has 6 nitrogen and oxygen atoms in total. The number of rotatable bonds is 19. The summed E-state index contributed by atoms with van der Waals surface area (Å²) in [6.07, 6.45) is 13.3. The van der Waals surface area contributed by atoms with Gasteiger partial charge in [-0.05, 0) is 0 Å². The first-order chi connectivity index (χ1) is 11.6. The molecule has 0 aromatic heterocycles. The molecule has 0 saturated carbocycles. The molecule has 24 heavy (non-hydrogen) atoms. The summed E-state index contributed by atoms with van der Waals surface area (Å²) in [4.78, 5) is 0. The Morgan fingerprint density at radius 3 is 1.54 bits per heavy atom. The van der Waals surface area contributed by atoms with Crippen molar-refractivity contribution in [2.24, 2.45) is 0 Å². The van der Waals surface area contributed by atoms with Crippen molar-refractivity contribution in [1.29, 1.82) is 0 Å². The van der Waals surface area contributed by atoms with Gasteiger partial charge in [-0.25, -0.2) is 4.18 Å². The molecule has 0 bridgehead atoms. The summed E-state index contributed by atoms with van der Waals surface area (Å²) in [5.74, 6) is 0. The molecule has 1 N–H and O–H groups in total. The van der Waals surface area contributed by atoms with E-state index in [1.807, 2.05) is 0 Å². The molecule has 140 valence electrons. The first kappa shape index (κ1) is 24.8. The van der Waals surface area contributed by atoms with Crippen molar-refractivity contribution < 1.29 is 26.6 Å². The van der Waals surface area contributed by atoms with Crippen molar-refractivity contribution >= 4 is 38.3 Å². The normalized spacial score (nSPS) is 12.0. The van der Waals surface area contributed by atoms with Crippen LogP contribution in [0.5, 0.6) is 0 Å². The maximum absolute atomic E-state index is 10.3. The summed E-state index contributed by atoms with van der Waals surface area (Å²) in [5.41, 5.74) is 0. The second-order valence-corrected chi connectivity index (χ2v) is 8.10. The van der Waals surface area contributed by atoms with Crippen LogP contribution in [0.25, 0.3) is 0 Å². The number of hydrogen-bond acceptors (Lipinski definition) is 5. The molecule has 0 unspecified atom stereocenters. The third-order valence-electron chi connectivity index (χ3n) is 3.72. The molecule has 0 amide bonds. The van der Waals surface area contributed by atoms with Gasteiger partial charge in [0, 0.05) is 0 Å². The Kier molecular flexibility index (Phi) is 19.2. The minimum atomic E-state index is -4.36. The Balaban J connectivity index is 3.03. The summed E-state index contributed by atoms with van der Waals surface area (Å²) in [6, 6.07) is 0. The van der Waals surface area contributed by atoms with E-state index in [2.05, 4.69) is 4.18 Å². The van der Waals surface area contributed by atoms with Crippen LogP contribution in [0.3, 0.4) is 0 Å². The molecule has 8 heteroatoms. The van der Waals surface area contributed by atoms with Crippen molar-refractivity contribution in [2.45, 2.75) is 67.9 Å². The Morgan fingerprint density at radius 2 is 1.04 bits per heavy atom. The van der Waals surface area contributed by atoms with E-state index in [1.165, 1.54) is 89.4 Å². The number of hydrogen-bond donors (Lipinski definition) is 1. The zero-order valence-corrected chi connectivity index (χ0v) is 18.0. The molecule has 0 spiro atoms. The topological polar surface area (TPSA) is 82.1 Å². The van der Waals surface area contributed by atoms with Gasteiger partial charge in [0.2, 0.25) is 0 Å². The SMILES string of the molecule is O=S(=O)(O)OCCOCCOCCCCCCCCCCC[CH2][Na]. The van der Waals surface area contributed by atoms with Crippen LogP contribution in [-0.2, 0) is 24.1 Å². The first-order valence-corrected chi connectivity index (χ1v) is 12.1. The fourth-order valence-corrected chi connectivity index (χ4v) is 3.17. The molecule has 0 radical (unpaired) electrons. The molecule has 0 saturated heterocycles. The van der Waals surface area contributed by atoms with Gasteiger partial charge in [0.05, 0.1) is 26.4 Å². The maximum atomic E-state index is 10.3. The van der Waals surface area contributed by atoms with Crippen molar-refractivity contribution in [3.8, 4) is 0 Å². The second kappa shape index (κ2) is 18.6. The number of ether oxygens (including phenoxy) is 2. The van der Waals surface area contributed by atoms with E-state index in [-0.39, 0.29) is 13.2 Å². The first-order valence-electron chi connectivity index (χ1n) is 9.33. The van der Waals surface area contributed by atoms with E-state index in [1.54, 1.807) is 0 Å². The summed E-state index contributed by atoms with van der Waals surface area (Å²) >= 11 is 1.36. The van der Waals surface area contributed by atoms with Gasteiger partial charge in [-0.15, -0.1) is 0 Å². The van der Waals surface area contributed by atoms with Crippen molar-refractivity contribution in [3.05, 3.63) is 0 Å². The van der Waals surface area contributed by atoms with E-state index < -0.39 is 10.4 Å². The van der Waals surface area contributed by atoms with Gasteiger partial charge >= 0.3 is 113 Å². The molecule has 0 rings (SSSR count). The Labute approximate surface area is 165 Å². The van der Waals surface area contributed by atoms with Crippen LogP contribution in [0.2, 0.25) is 3.67 Å². The summed E-state index contributed by atoms with van der Waals surface area (Å²) < 4.78 is 45.0. The van der Waals surface area contributed by atoms with Crippen molar-refractivity contribution in [3.63, 3.8) is 0 Å². The van der Waals surface area contributed by atoms with Crippen LogP contribution in [0.1, 0.15) is 64.2 Å². The third kappa shape index (κ3) is 22.8. The standard InChI is InChI=1S/C16H33O6S.Na/c1-2-3-4-5-6-7-8-9-10-11-12-20-13-14-21-15-16-22-23(17,18)19;/h1-16H2,(H,17,18,19);. The molecule has 0 aliphatic carbocycles. The molecule has 0 heterocycles. The third-order valence-corrected chi connectivity index (χ3v) is 4.90. The van der Waals surface area contributed by atoms with E-state index >= 15 is 0 Å². The zero-order valence-electron chi connectivity index (χ0n) is 15.2. The number of unbranched alkanes of at least 4 members (excludes halogenated alkanes) is 9. The van der Waals surface area contributed by atoms with Gasteiger partial charge in [-0.2, -0.15) is 8.42 Å². The van der Waals surface area contributed by atoms with Gasteiger partial charge in [0.1, 0.15) is 0 Å². The Hall–Kier alpha value is 0.790. The summed E-state index contributed by atoms with van der Waals surface area (Å²) in [6.45, 7) is 1.56. The molecule has 0 aliphatic rings. The monoisotopic (exact) mass is 376 g/mol. The van der Waals surface area contributed by atoms with Gasteiger partial charge in [0.25, 0.3) is 0 Å². The fourth-order valence-electron chi connectivity index (χ4n) is 2.39. The van der Waals surface area contributed by atoms with Crippen molar-refractivity contribution in [2.75, 3.05) is 33.0 Å². The van der Waals surface area contributed by atoms with Crippen LogP contribution in [0, 0.1) is 0 Å². The van der Waals surface area contributed by atoms with Gasteiger partial charge in [-0.1, -0.05) is 0 Å². The van der Waals surface area contributed by atoms with Gasteiger partial charge in [0.15, 0.2) is 0 Å². The molecule has 0 atom stereocenters. The molecule has 0 aromatic carbocycles. The van der Waals surface area contributed by atoms with Crippen LogP contribution in [-0.4, -0.2) is 73.9 Å². The minimum absolute atomic E-state index is 0.114. The molecule has 0 aliphatic heterocycles. The fraction of sp³-hybridized carbons (Fsp3) is 1.00. The van der Waals surface area contributed by atoms with Gasteiger partial charge in [-0.3, -0.25) is 4.55 Å². The Bertz CT molecular complexity index is 350. The van der Waals surface area contributed by atoms with Gasteiger partial charge < -0.3 is 9.47 Å². The van der Waals surface area contributed by atoms with E-state index in [0.29, 0.717) is 13.2 Å². The van der Waals surface area contributed by atoms with Crippen molar-refractivity contribution in [1.82, 2.24) is 0 Å². The summed E-state index contributed by atoms with van der Waals surface area (Å²) in [5, 5.41) is 0. The molecule has 0 aromatic rings. The average Bonchev–Trinajstić information content (AvgIpc) is 2.52. The predicted octanol–water partition coefficient (Wildman–Crippen LogP) is 3.33. The van der Waals surface area contributed by atoms with Crippen LogP contribution in [0.4, 0.5) is 0 Å². The van der Waals surface area contributed by atoms with E-state index in [9.17, 15) is 8.42 Å². The van der Waals surface area contributed by atoms with Crippen LogP contribution in [0.15, 0.2) is 0 Å². The van der Waals surface area contributed by atoms with E-state index in [0.717, 1.165) is 13.0 Å². The molecule has 0 fully saturated rings. The second-order valence-electron chi connectivity index (χ2n) is 6.01. The molecular formula is C16H33NaO6S. The summed E-state index contributed by atoms with van der Waals surface area (Å²) in [7, 11) is -4.36. The van der Waals surface area contributed by atoms with Crippen LogP contribution < -0.4 is 0 Å². The Morgan fingerprint density at radius 1 is 0.625 bits per heavy atom. The average molecular weight is 376 g/mol. The molecular weight excluding hydrogens is 343 g/mol. The zero-order chi connectivity index (χ0) is 17.9.